The molecule has 0 saturated carbocycles. The zero-order valence-electron chi connectivity index (χ0n) is 20.7. The summed E-state index contributed by atoms with van der Waals surface area (Å²) in [4.78, 5) is 25.7. The molecule has 34 heavy (non-hydrogen) atoms. The number of rotatable bonds is 16. The molecule has 1 N–H and O–H groups in total. The van der Waals surface area contributed by atoms with Crippen LogP contribution >= 0.6 is 0 Å². The van der Waals surface area contributed by atoms with Crippen LogP contribution in [0.3, 0.4) is 0 Å². The molecule has 0 saturated heterocycles. The molecule has 3 nitrogen and oxygen atoms in total. The van der Waals surface area contributed by atoms with Gasteiger partial charge in [0.05, 0.1) is 0 Å². The van der Waals surface area contributed by atoms with Crippen molar-refractivity contribution in [1.29, 1.82) is 0 Å². The van der Waals surface area contributed by atoms with Crippen LogP contribution in [-0.4, -0.2) is 16.9 Å². The highest BCUT2D eigenvalue weighted by atomic mass is 16.4. The Kier molecular flexibility index (Phi) is 10.6. The van der Waals surface area contributed by atoms with Gasteiger partial charge in [-0.15, -0.1) is 0 Å². The molecular weight excluding hydrogens is 420 g/mol. The van der Waals surface area contributed by atoms with E-state index in [9.17, 15) is 14.7 Å². The van der Waals surface area contributed by atoms with E-state index in [1.165, 1.54) is 57.8 Å². The van der Waals surface area contributed by atoms with Gasteiger partial charge in [0.1, 0.15) is 5.92 Å². The van der Waals surface area contributed by atoms with Crippen molar-refractivity contribution in [2.75, 3.05) is 0 Å². The standard InChI is InChI=1S/C31H40O3/c1-2-3-4-5-6-7-8-9-10-11-12-13-22-28(31(33)34)30(32)29-26-20-16-14-18-24(26)23-25-19-15-17-21-27(25)29/h14-21,23,28H,2-13,22H2,1H3,(H,33,34). The molecule has 3 aromatic rings. The predicted octanol–water partition coefficient (Wildman–Crippen LogP) is 8.97. The van der Waals surface area contributed by atoms with Gasteiger partial charge in [0, 0.05) is 5.56 Å². The van der Waals surface area contributed by atoms with Gasteiger partial charge in [-0.25, -0.2) is 0 Å². The Balaban J connectivity index is 1.54. The molecule has 0 fully saturated rings. The smallest absolute Gasteiger partial charge is 0.314 e. The van der Waals surface area contributed by atoms with Gasteiger partial charge < -0.3 is 5.11 Å². The first-order valence-electron chi connectivity index (χ1n) is 13.3. The summed E-state index contributed by atoms with van der Waals surface area (Å²) in [6, 6.07) is 17.6. The predicted molar refractivity (Wildman–Crippen MR) is 143 cm³/mol. The maximum absolute atomic E-state index is 13.6. The normalized spacial score (nSPS) is 12.3. The summed E-state index contributed by atoms with van der Waals surface area (Å²) in [5.74, 6) is -2.26. The third-order valence-electron chi connectivity index (χ3n) is 6.98. The van der Waals surface area contributed by atoms with Crippen molar-refractivity contribution in [3.8, 4) is 0 Å². The lowest BCUT2D eigenvalue weighted by Gasteiger charge is -2.16. The number of carboxylic acid groups (broad SMARTS) is 1. The maximum atomic E-state index is 13.6. The molecule has 0 aliphatic carbocycles. The van der Waals surface area contributed by atoms with E-state index in [1.54, 1.807) is 0 Å². The molecule has 0 aliphatic heterocycles. The van der Waals surface area contributed by atoms with Gasteiger partial charge in [-0.1, -0.05) is 133 Å². The largest absolute Gasteiger partial charge is 0.481 e. The van der Waals surface area contributed by atoms with Crippen LogP contribution in [0.2, 0.25) is 0 Å². The molecule has 0 radical (unpaired) electrons. The van der Waals surface area contributed by atoms with E-state index >= 15 is 0 Å². The molecule has 0 aromatic heterocycles. The van der Waals surface area contributed by atoms with E-state index < -0.39 is 11.9 Å². The van der Waals surface area contributed by atoms with Gasteiger partial charge in [-0.2, -0.15) is 0 Å². The topological polar surface area (TPSA) is 54.4 Å². The lowest BCUT2D eigenvalue weighted by molar-refractivity contribution is -0.140. The second-order valence-corrected chi connectivity index (χ2v) is 9.63. The number of carbonyl (C=O) groups excluding carboxylic acids is 1. The van der Waals surface area contributed by atoms with Gasteiger partial charge in [0.2, 0.25) is 0 Å². The third-order valence-corrected chi connectivity index (χ3v) is 6.98. The van der Waals surface area contributed by atoms with E-state index in [1.807, 2.05) is 48.5 Å². The Hall–Kier alpha value is -2.68. The summed E-state index contributed by atoms with van der Waals surface area (Å²) >= 11 is 0. The number of aliphatic carboxylic acids is 1. The minimum Gasteiger partial charge on any atom is -0.481 e. The van der Waals surface area contributed by atoms with Crippen molar-refractivity contribution in [1.82, 2.24) is 0 Å². The zero-order valence-corrected chi connectivity index (χ0v) is 20.7. The Morgan fingerprint density at radius 2 is 1.12 bits per heavy atom. The third kappa shape index (κ3) is 7.16. The number of ketones is 1. The highest BCUT2D eigenvalue weighted by Crippen LogP contribution is 2.31. The molecule has 3 rings (SSSR count). The molecule has 0 spiro atoms. The fraction of sp³-hybridized carbons (Fsp3) is 0.484. The number of carboxylic acids is 1. The summed E-state index contributed by atoms with van der Waals surface area (Å²) in [7, 11) is 0. The molecule has 0 aliphatic rings. The van der Waals surface area contributed by atoms with Crippen molar-refractivity contribution >= 4 is 33.3 Å². The van der Waals surface area contributed by atoms with Gasteiger partial charge in [0.25, 0.3) is 0 Å². The first-order valence-corrected chi connectivity index (χ1v) is 13.3. The molecule has 3 aromatic carbocycles. The average Bonchev–Trinajstić information content (AvgIpc) is 2.84. The summed E-state index contributed by atoms with van der Waals surface area (Å²) in [5.41, 5.74) is 0.556. The number of carbonyl (C=O) groups is 2. The Labute approximate surface area is 204 Å². The molecule has 0 bridgehead atoms. The van der Waals surface area contributed by atoms with E-state index in [0.717, 1.165) is 40.8 Å². The number of fused-ring (bicyclic) bond motifs is 2. The Morgan fingerprint density at radius 1 is 0.676 bits per heavy atom. The average molecular weight is 461 g/mol. The van der Waals surface area contributed by atoms with Gasteiger partial charge in [-0.3, -0.25) is 9.59 Å². The Bertz CT molecular complexity index is 1010. The first kappa shape index (κ1) is 25.9. The van der Waals surface area contributed by atoms with Crippen LogP contribution in [0.4, 0.5) is 0 Å². The lowest BCUT2D eigenvalue weighted by atomic mass is 9.86. The lowest BCUT2D eigenvalue weighted by Crippen LogP contribution is -2.24. The number of hydrogen-bond acceptors (Lipinski definition) is 2. The van der Waals surface area contributed by atoms with E-state index in [2.05, 4.69) is 13.0 Å². The SMILES string of the molecule is CCCCCCCCCCCCCCC(C(=O)O)C(=O)c1c2ccccc2cc2ccccc12. The summed E-state index contributed by atoms with van der Waals surface area (Å²) in [6.45, 7) is 2.25. The molecule has 1 atom stereocenters. The number of Topliss-reactive ketones (excluding diaryl/α,β-unsaturated/α-hetero) is 1. The second-order valence-electron chi connectivity index (χ2n) is 9.63. The van der Waals surface area contributed by atoms with E-state index in [4.69, 9.17) is 0 Å². The van der Waals surface area contributed by atoms with Crippen LogP contribution in [-0.2, 0) is 4.79 Å². The quantitative estimate of drug-likeness (QED) is 0.100. The highest BCUT2D eigenvalue weighted by molar-refractivity contribution is 6.22. The van der Waals surface area contributed by atoms with Crippen LogP contribution in [0, 0.1) is 5.92 Å². The summed E-state index contributed by atoms with van der Waals surface area (Å²) in [5, 5.41) is 13.5. The van der Waals surface area contributed by atoms with Crippen LogP contribution in [0.1, 0.15) is 101 Å². The van der Waals surface area contributed by atoms with Crippen LogP contribution < -0.4 is 0 Å². The monoisotopic (exact) mass is 460 g/mol. The molecule has 1 unspecified atom stereocenters. The van der Waals surface area contributed by atoms with Crippen molar-refractivity contribution in [3.05, 3.63) is 60.2 Å². The summed E-state index contributed by atoms with van der Waals surface area (Å²) in [6.07, 6.45) is 15.1. The molecule has 0 amide bonds. The number of hydrogen-bond donors (Lipinski definition) is 1. The number of benzene rings is 3. The van der Waals surface area contributed by atoms with Crippen molar-refractivity contribution < 1.29 is 14.7 Å². The van der Waals surface area contributed by atoms with Gasteiger partial charge >= 0.3 is 5.97 Å². The minimum atomic E-state index is -1.01. The fourth-order valence-corrected chi connectivity index (χ4v) is 5.01. The number of unbranched alkanes of at least 4 members (excludes halogenated alkanes) is 11. The van der Waals surface area contributed by atoms with Crippen molar-refractivity contribution in [3.63, 3.8) is 0 Å². The van der Waals surface area contributed by atoms with Crippen LogP contribution in [0.25, 0.3) is 21.5 Å². The molecule has 182 valence electrons. The molecule has 3 heteroatoms. The summed E-state index contributed by atoms with van der Waals surface area (Å²) < 4.78 is 0. The fourth-order valence-electron chi connectivity index (χ4n) is 5.01. The first-order chi connectivity index (χ1) is 16.6. The Morgan fingerprint density at radius 3 is 1.59 bits per heavy atom. The van der Waals surface area contributed by atoms with Crippen LogP contribution in [0.15, 0.2) is 54.6 Å². The van der Waals surface area contributed by atoms with Gasteiger partial charge in [0.15, 0.2) is 5.78 Å². The van der Waals surface area contributed by atoms with E-state index in [-0.39, 0.29) is 5.78 Å². The van der Waals surface area contributed by atoms with Gasteiger partial charge in [-0.05, 0) is 34.0 Å². The highest BCUT2D eigenvalue weighted by Gasteiger charge is 2.29. The minimum absolute atomic E-state index is 0.261. The second kappa shape index (κ2) is 13.9. The zero-order chi connectivity index (χ0) is 24.2. The molecular formula is C31H40O3. The molecule has 0 heterocycles. The van der Waals surface area contributed by atoms with Crippen molar-refractivity contribution in [2.24, 2.45) is 5.92 Å². The maximum Gasteiger partial charge on any atom is 0.314 e. The van der Waals surface area contributed by atoms with Crippen LogP contribution in [0.5, 0.6) is 0 Å². The van der Waals surface area contributed by atoms with Crippen molar-refractivity contribution in [2.45, 2.75) is 90.4 Å². The van der Waals surface area contributed by atoms with E-state index in [0.29, 0.717) is 12.0 Å².